The summed E-state index contributed by atoms with van der Waals surface area (Å²) >= 11 is 3.17. The van der Waals surface area contributed by atoms with Gasteiger partial charge in [-0.05, 0) is 31.2 Å². The maximum Gasteiger partial charge on any atom is 0.438 e. The van der Waals surface area contributed by atoms with Crippen LogP contribution >= 0.6 is 15.9 Å². The Balaban J connectivity index is 2.21. The summed E-state index contributed by atoms with van der Waals surface area (Å²) in [5, 5.41) is 15.0. The average molecular weight is 394 g/mol. The maximum atomic E-state index is 13.0. The summed E-state index contributed by atoms with van der Waals surface area (Å²) in [6, 6.07) is 6.04. The van der Waals surface area contributed by atoms with Crippen LogP contribution in [0.1, 0.15) is 13.3 Å². The number of hydrogen-bond donors (Lipinski definition) is 2. The summed E-state index contributed by atoms with van der Waals surface area (Å²) in [4.78, 5) is 23.8. The van der Waals surface area contributed by atoms with E-state index in [4.69, 9.17) is 0 Å². The second kappa shape index (κ2) is 5.93. The van der Waals surface area contributed by atoms with Crippen molar-refractivity contribution in [2.75, 3.05) is 5.32 Å². The van der Waals surface area contributed by atoms with Crippen molar-refractivity contribution in [2.45, 2.75) is 25.2 Å². The summed E-state index contributed by atoms with van der Waals surface area (Å²) in [6.45, 7) is 1.22. The van der Waals surface area contributed by atoms with E-state index in [1.54, 1.807) is 12.1 Å². The number of benzene rings is 1. The SMILES string of the molecule is CC1=NN(C(=O)C(=O)Nc2ccc(Br)cc2)[C@](O)(C(F)(F)F)C1. The Kier molecular flexibility index (Phi) is 4.49. The number of nitrogens with one attached hydrogen (secondary N) is 1. The van der Waals surface area contributed by atoms with Crippen molar-refractivity contribution in [2.24, 2.45) is 5.10 Å². The van der Waals surface area contributed by atoms with Gasteiger partial charge in [-0.1, -0.05) is 15.9 Å². The summed E-state index contributed by atoms with van der Waals surface area (Å²) in [5.74, 6) is -2.95. The highest BCUT2D eigenvalue weighted by molar-refractivity contribution is 9.10. The van der Waals surface area contributed by atoms with Gasteiger partial charge in [0.25, 0.3) is 5.72 Å². The standard InChI is InChI=1S/C13H11BrF3N3O3/c1-7-6-12(23,13(15,16)17)20(19-7)11(22)10(21)18-9-4-2-8(14)3-5-9/h2-5,23H,6H2,1H3,(H,18,21)/t12-/m1/s1. The van der Waals surface area contributed by atoms with Gasteiger partial charge in [0.15, 0.2) is 0 Å². The highest BCUT2D eigenvalue weighted by Gasteiger charge is 2.63. The minimum absolute atomic E-state index is 0.116. The molecule has 23 heavy (non-hydrogen) atoms. The predicted molar refractivity (Wildman–Crippen MR) is 78.3 cm³/mol. The Hall–Kier alpha value is -1.94. The first-order valence-corrected chi connectivity index (χ1v) is 7.08. The molecule has 0 bridgehead atoms. The molecular weight excluding hydrogens is 383 g/mol. The van der Waals surface area contributed by atoms with Gasteiger partial charge in [0.1, 0.15) is 0 Å². The number of aliphatic hydroxyl groups is 1. The fourth-order valence-corrected chi connectivity index (χ4v) is 2.23. The zero-order valence-electron chi connectivity index (χ0n) is 11.7. The molecule has 1 aromatic carbocycles. The summed E-state index contributed by atoms with van der Waals surface area (Å²) in [7, 11) is 0. The van der Waals surface area contributed by atoms with Crippen molar-refractivity contribution in [1.29, 1.82) is 0 Å². The number of anilines is 1. The summed E-state index contributed by atoms with van der Waals surface area (Å²) in [6.07, 6.45) is -6.06. The third-order valence-corrected chi connectivity index (χ3v) is 3.59. The molecule has 0 aliphatic carbocycles. The Morgan fingerprint density at radius 2 is 1.91 bits per heavy atom. The molecule has 1 aliphatic heterocycles. The average Bonchev–Trinajstić information content (AvgIpc) is 2.76. The Bertz CT molecular complexity index is 675. The molecule has 2 rings (SSSR count). The zero-order chi connectivity index (χ0) is 17.4. The fraction of sp³-hybridized carbons (Fsp3) is 0.308. The van der Waals surface area contributed by atoms with Gasteiger partial charge < -0.3 is 10.4 Å². The Labute approximate surface area is 137 Å². The summed E-state index contributed by atoms with van der Waals surface area (Å²) < 4.78 is 39.7. The van der Waals surface area contributed by atoms with Crippen LogP contribution in [-0.2, 0) is 9.59 Å². The molecule has 2 N–H and O–H groups in total. The molecule has 0 aromatic heterocycles. The lowest BCUT2D eigenvalue weighted by Crippen LogP contribution is -2.58. The van der Waals surface area contributed by atoms with E-state index in [-0.39, 0.29) is 16.4 Å². The van der Waals surface area contributed by atoms with Crippen molar-refractivity contribution < 1.29 is 27.9 Å². The van der Waals surface area contributed by atoms with E-state index in [1.165, 1.54) is 19.1 Å². The van der Waals surface area contributed by atoms with E-state index in [9.17, 15) is 27.9 Å². The summed E-state index contributed by atoms with van der Waals surface area (Å²) in [5.41, 5.74) is -3.43. The molecule has 1 heterocycles. The molecule has 0 spiro atoms. The molecule has 6 nitrogen and oxygen atoms in total. The largest absolute Gasteiger partial charge is 0.438 e. The maximum absolute atomic E-state index is 13.0. The van der Waals surface area contributed by atoms with Gasteiger partial charge in [0, 0.05) is 22.3 Å². The van der Waals surface area contributed by atoms with E-state index in [0.717, 1.165) is 0 Å². The molecule has 1 atom stereocenters. The number of hydrazone groups is 1. The minimum Gasteiger partial charge on any atom is -0.362 e. The van der Waals surface area contributed by atoms with Crippen molar-refractivity contribution in [3.05, 3.63) is 28.7 Å². The third kappa shape index (κ3) is 3.37. The van der Waals surface area contributed by atoms with E-state index >= 15 is 0 Å². The number of amides is 2. The monoisotopic (exact) mass is 393 g/mol. The van der Waals surface area contributed by atoms with Crippen molar-refractivity contribution in [3.8, 4) is 0 Å². The van der Waals surface area contributed by atoms with E-state index < -0.39 is 30.1 Å². The Morgan fingerprint density at radius 1 is 1.35 bits per heavy atom. The number of alkyl halides is 3. The van der Waals surface area contributed by atoms with E-state index in [0.29, 0.717) is 4.47 Å². The van der Waals surface area contributed by atoms with Gasteiger partial charge in [-0.2, -0.15) is 23.3 Å². The van der Waals surface area contributed by atoms with Crippen LogP contribution in [0.5, 0.6) is 0 Å². The second-order valence-corrected chi connectivity index (χ2v) is 5.82. The van der Waals surface area contributed by atoms with Gasteiger partial charge in [-0.15, -0.1) is 0 Å². The predicted octanol–water partition coefficient (Wildman–Crippen LogP) is 2.25. The molecular formula is C13H11BrF3N3O3. The molecule has 1 aliphatic rings. The molecule has 1 aromatic rings. The van der Waals surface area contributed by atoms with Crippen molar-refractivity contribution in [3.63, 3.8) is 0 Å². The fourth-order valence-electron chi connectivity index (χ4n) is 1.97. The highest BCUT2D eigenvalue weighted by atomic mass is 79.9. The van der Waals surface area contributed by atoms with Crippen LogP contribution < -0.4 is 5.32 Å². The highest BCUT2D eigenvalue weighted by Crippen LogP contribution is 2.40. The topological polar surface area (TPSA) is 82.0 Å². The first-order valence-electron chi connectivity index (χ1n) is 6.29. The molecule has 0 saturated carbocycles. The lowest BCUT2D eigenvalue weighted by molar-refractivity contribution is -0.301. The normalized spacial score (nSPS) is 21.1. The van der Waals surface area contributed by atoms with Gasteiger partial charge in [0.05, 0.1) is 0 Å². The molecule has 0 saturated heterocycles. The van der Waals surface area contributed by atoms with Crippen LogP contribution in [0.2, 0.25) is 0 Å². The van der Waals surface area contributed by atoms with E-state index in [1.807, 2.05) is 0 Å². The number of rotatable bonds is 1. The lowest BCUT2D eigenvalue weighted by Gasteiger charge is -2.32. The van der Waals surface area contributed by atoms with Crippen LogP contribution in [0.15, 0.2) is 33.8 Å². The second-order valence-electron chi connectivity index (χ2n) is 4.90. The smallest absolute Gasteiger partial charge is 0.362 e. The molecule has 0 fully saturated rings. The van der Waals surface area contributed by atoms with Crippen LogP contribution in [0, 0.1) is 0 Å². The molecule has 10 heteroatoms. The first-order chi connectivity index (χ1) is 10.5. The van der Waals surface area contributed by atoms with Crippen LogP contribution in [0.25, 0.3) is 0 Å². The number of nitrogens with zero attached hydrogens (tertiary/aromatic N) is 2. The number of carbonyl (C=O) groups is 2. The van der Waals surface area contributed by atoms with Crippen molar-refractivity contribution in [1.82, 2.24) is 5.01 Å². The van der Waals surface area contributed by atoms with Gasteiger partial charge >= 0.3 is 18.0 Å². The molecule has 2 amide bonds. The molecule has 124 valence electrons. The Morgan fingerprint density at radius 3 is 2.43 bits per heavy atom. The minimum atomic E-state index is -5.15. The van der Waals surface area contributed by atoms with Crippen LogP contribution in [0.4, 0.5) is 18.9 Å². The van der Waals surface area contributed by atoms with E-state index in [2.05, 4.69) is 26.3 Å². The quantitative estimate of drug-likeness (QED) is 0.717. The van der Waals surface area contributed by atoms with Gasteiger partial charge in [-0.25, -0.2) is 0 Å². The van der Waals surface area contributed by atoms with Gasteiger partial charge in [-0.3, -0.25) is 9.59 Å². The first kappa shape index (κ1) is 17.4. The number of halogens is 4. The van der Waals surface area contributed by atoms with Crippen LogP contribution in [-0.4, -0.2) is 39.5 Å². The third-order valence-electron chi connectivity index (χ3n) is 3.07. The molecule has 0 radical (unpaired) electrons. The zero-order valence-corrected chi connectivity index (χ0v) is 13.3. The van der Waals surface area contributed by atoms with Gasteiger partial charge in [0.2, 0.25) is 0 Å². The molecule has 0 unspecified atom stereocenters. The lowest BCUT2D eigenvalue weighted by atomic mass is 10.1. The van der Waals surface area contributed by atoms with Crippen LogP contribution in [0.3, 0.4) is 0 Å². The van der Waals surface area contributed by atoms with Crippen molar-refractivity contribution >= 4 is 39.1 Å². The number of hydrogen-bond acceptors (Lipinski definition) is 4. The number of carbonyl (C=O) groups excluding carboxylic acids is 2.